The molecule has 1 aromatic heterocycles. The molecule has 1 aliphatic rings. The fourth-order valence-electron chi connectivity index (χ4n) is 3.15. The van der Waals surface area contributed by atoms with Crippen molar-refractivity contribution in [2.24, 2.45) is 5.92 Å². The number of morpholine rings is 1. The van der Waals surface area contributed by atoms with E-state index in [9.17, 15) is 18.0 Å². The molecule has 3 rings (SSSR count). The average molecular weight is 397 g/mol. The fourth-order valence-corrected chi connectivity index (χ4v) is 3.15. The van der Waals surface area contributed by atoms with Gasteiger partial charge in [0, 0.05) is 25.5 Å². The van der Waals surface area contributed by atoms with Gasteiger partial charge in [-0.25, -0.2) is 4.98 Å². The molecular formula is C19H22F3N3O3. The molecule has 1 aromatic carbocycles. The van der Waals surface area contributed by atoms with Gasteiger partial charge < -0.3 is 18.9 Å². The van der Waals surface area contributed by atoms with Crippen molar-refractivity contribution >= 4 is 5.82 Å². The molecule has 1 unspecified atom stereocenters. The van der Waals surface area contributed by atoms with Crippen LogP contribution in [0.3, 0.4) is 0 Å². The van der Waals surface area contributed by atoms with E-state index in [1.54, 1.807) is 23.0 Å². The van der Waals surface area contributed by atoms with Crippen LogP contribution in [0.25, 0.3) is 0 Å². The summed E-state index contributed by atoms with van der Waals surface area (Å²) in [4.78, 5) is 18.8. The summed E-state index contributed by atoms with van der Waals surface area (Å²) in [7, 11) is 0. The summed E-state index contributed by atoms with van der Waals surface area (Å²) in [5, 5.41) is 0. The van der Waals surface area contributed by atoms with Crippen molar-refractivity contribution in [1.82, 2.24) is 9.55 Å². The van der Waals surface area contributed by atoms with Crippen molar-refractivity contribution in [2.75, 3.05) is 24.6 Å². The zero-order chi connectivity index (χ0) is 20.3. The van der Waals surface area contributed by atoms with Crippen LogP contribution in [0, 0.1) is 5.92 Å². The normalized spacial score (nSPS) is 17.8. The first-order valence-corrected chi connectivity index (χ1v) is 9.00. The number of anilines is 1. The smallest absolute Gasteiger partial charge is 0.406 e. The Morgan fingerprint density at radius 2 is 2.14 bits per heavy atom. The first kappa shape index (κ1) is 20.2. The van der Waals surface area contributed by atoms with E-state index in [0.717, 1.165) is 0 Å². The van der Waals surface area contributed by atoms with Crippen LogP contribution in [0.2, 0.25) is 0 Å². The number of nitrogens with zero attached hydrogens (tertiary/aromatic N) is 3. The van der Waals surface area contributed by atoms with Gasteiger partial charge in [0.1, 0.15) is 11.9 Å². The Balaban J connectivity index is 1.80. The highest BCUT2D eigenvalue weighted by molar-refractivity contribution is 5.38. The van der Waals surface area contributed by atoms with Gasteiger partial charge in [0.25, 0.3) is 5.56 Å². The molecule has 0 spiro atoms. The molecule has 0 amide bonds. The van der Waals surface area contributed by atoms with Crippen LogP contribution >= 0.6 is 0 Å². The molecule has 1 fully saturated rings. The highest BCUT2D eigenvalue weighted by atomic mass is 19.4. The number of benzene rings is 1. The molecule has 0 N–H and O–H groups in total. The topological polar surface area (TPSA) is 56.6 Å². The number of hydrogen-bond donors (Lipinski definition) is 0. The molecule has 28 heavy (non-hydrogen) atoms. The molecule has 1 saturated heterocycles. The summed E-state index contributed by atoms with van der Waals surface area (Å²) in [5.41, 5.74) is 0.357. The number of hydrogen-bond acceptors (Lipinski definition) is 5. The van der Waals surface area contributed by atoms with Crippen molar-refractivity contribution < 1.29 is 22.6 Å². The maximum atomic E-state index is 12.7. The second kappa shape index (κ2) is 8.22. The Bertz CT molecular complexity index is 867. The zero-order valence-corrected chi connectivity index (χ0v) is 15.6. The third kappa shape index (κ3) is 5.03. The van der Waals surface area contributed by atoms with Gasteiger partial charge in [-0.2, -0.15) is 0 Å². The maximum absolute atomic E-state index is 12.7. The first-order chi connectivity index (χ1) is 13.2. The van der Waals surface area contributed by atoms with Gasteiger partial charge in [-0.15, -0.1) is 13.2 Å². The molecule has 152 valence electrons. The van der Waals surface area contributed by atoms with E-state index in [1.165, 1.54) is 18.2 Å². The van der Waals surface area contributed by atoms with Crippen LogP contribution in [-0.4, -0.2) is 35.6 Å². The monoisotopic (exact) mass is 397 g/mol. The van der Waals surface area contributed by atoms with Crippen molar-refractivity contribution in [3.05, 3.63) is 52.6 Å². The number of rotatable bonds is 5. The quantitative estimate of drug-likeness (QED) is 0.774. The molecule has 1 atom stereocenters. The molecule has 1 aliphatic heterocycles. The van der Waals surface area contributed by atoms with E-state index < -0.39 is 12.5 Å². The SMILES string of the molecule is CC(C)Cn1ccnc(N2CCOC(c3cccc(OC(F)(F)F)c3)C2)c1=O. The van der Waals surface area contributed by atoms with Gasteiger partial charge in [0.05, 0.1) is 13.2 Å². The Kier molecular flexibility index (Phi) is 5.93. The lowest BCUT2D eigenvalue weighted by molar-refractivity contribution is -0.274. The van der Waals surface area contributed by atoms with Gasteiger partial charge in [-0.1, -0.05) is 26.0 Å². The minimum absolute atomic E-state index is 0.189. The van der Waals surface area contributed by atoms with E-state index in [0.29, 0.717) is 43.5 Å². The Labute approximate surface area is 160 Å². The molecule has 0 saturated carbocycles. The van der Waals surface area contributed by atoms with Crippen LogP contribution < -0.4 is 15.2 Å². The van der Waals surface area contributed by atoms with Crippen LogP contribution in [-0.2, 0) is 11.3 Å². The van der Waals surface area contributed by atoms with Crippen molar-refractivity contribution in [2.45, 2.75) is 32.9 Å². The zero-order valence-electron chi connectivity index (χ0n) is 15.6. The maximum Gasteiger partial charge on any atom is 0.573 e. The van der Waals surface area contributed by atoms with Gasteiger partial charge in [0.15, 0.2) is 5.82 Å². The van der Waals surface area contributed by atoms with Gasteiger partial charge in [-0.05, 0) is 23.6 Å². The molecule has 6 nitrogen and oxygen atoms in total. The van der Waals surface area contributed by atoms with Gasteiger partial charge in [-0.3, -0.25) is 4.79 Å². The number of aromatic nitrogens is 2. The summed E-state index contributed by atoms with van der Waals surface area (Å²) >= 11 is 0. The predicted octanol–water partition coefficient (Wildman–Crippen LogP) is 3.38. The highest BCUT2D eigenvalue weighted by Gasteiger charge is 2.32. The Morgan fingerprint density at radius 3 is 2.86 bits per heavy atom. The van der Waals surface area contributed by atoms with E-state index >= 15 is 0 Å². The Morgan fingerprint density at radius 1 is 1.36 bits per heavy atom. The summed E-state index contributed by atoms with van der Waals surface area (Å²) in [6.45, 7) is 5.74. The van der Waals surface area contributed by atoms with Crippen molar-refractivity contribution in [1.29, 1.82) is 0 Å². The summed E-state index contributed by atoms with van der Waals surface area (Å²) < 4.78 is 48.7. The van der Waals surface area contributed by atoms with E-state index in [2.05, 4.69) is 9.72 Å². The summed E-state index contributed by atoms with van der Waals surface area (Å²) in [6.07, 6.45) is -2.01. The third-order valence-electron chi connectivity index (χ3n) is 4.29. The Hall–Kier alpha value is -2.55. The summed E-state index contributed by atoms with van der Waals surface area (Å²) in [5.74, 6) is 0.323. The molecular weight excluding hydrogens is 375 g/mol. The summed E-state index contributed by atoms with van der Waals surface area (Å²) in [6, 6.07) is 5.69. The molecule has 2 aromatic rings. The molecule has 0 bridgehead atoms. The lowest BCUT2D eigenvalue weighted by Crippen LogP contribution is -2.42. The minimum atomic E-state index is -4.76. The van der Waals surface area contributed by atoms with Crippen molar-refractivity contribution in [3.63, 3.8) is 0 Å². The average Bonchev–Trinajstić information content (AvgIpc) is 2.62. The number of ether oxygens (including phenoxy) is 2. The lowest BCUT2D eigenvalue weighted by atomic mass is 10.1. The van der Waals surface area contributed by atoms with Crippen LogP contribution in [0.15, 0.2) is 41.5 Å². The van der Waals surface area contributed by atoms with E-state index in [-0.39, 0.29) is 11.3 Å². The molecule has 0 aliphatic carbocycles. The fraction of sp³-hybridized carbons (Fsp3) is 0.474. The van der Waals surface area contributed by atoms with E-state index in [4.69, 9.17) is 4.74 Å². The lowest BCUT2D eigenvalue weighted by Gasteiger charge is -2.33. The standard InChI is InChI=1S/C19H22F3N3O3/c1-13(2)11-25-7-6-23-17(18(25)26)24-8-9-27-16(12-24)14-4-3-5-15(10-14)28-19(20,21)22/h3-7,10,13,16H,8-9,11-12H2,1-2H3. The second-order valence-electron chi connectivity index (χ2n) is 7.03. The predicted molar refractivity (Wildman–Crippen MR) is 97.4 cm³/mol. The minimum Gasteiger partial charge on any atom is -0.406 e. The third-order valence-corrected chi connectivity index (χ3v) is 4.29. The molecule has 0 radical (unpaired) electrons. The van der Waals surface area contributed by atoms with Crippen LogP contribution in [0.5, 0.6) is 5.75 Å². The number of halogens is 3. The van der Waals surface area contributed by atoms with Gasteiger partial charge >= 0.3 is 6.36 Å². The highest BCUT2D eigenvalue weighted by Crippen LogP contribution is 2.29. The van der Waals surface area contributed by atoms with Gasteiger partial charge in [0.2, 0.25) is 0 Å². The first-order valence-electron chi connectivity index (χ1n) is 9.00. The van der Waals surface area contributed by atoms with Crippen LogP contribution in [0.1, 0.15) is 25.5 Å². The molecule has 9 heteroatoms. The van der Waals surface area contributed by atoms with E-state index in [1.807, 2.05) is 18.7 Å². The molecule has 2 heterocycles. The largest absolute Gasteiger partial charge is 0.573 e. The van der Waals surface area contributed by atoms with Crippen LogP contribution in [0.4, 0.5) is 19.0 Å². The van der Waals surface area contributed by atoms with Crippen molar-refractivity contribution in [3.8, 4) is 5.75 Å². The number of alkyl halides is 3. The second-order valence-corrected chi connectivity index (χ2v) is 7.03.